The van der Waals surface area contributed by atoms with Crippen molar-refractivity contribution in [1.82, 2.24) is 4.98 Å². The molecule has 1 heterocycles. The molecule has 1 aromatic heterocycles. The molecule has 0 fully saturated rings. The summed E-state index contributed by atoms with van der Waals surface area (Å²) >= 11 is 1.70. The number of aromatic nitrogens is 1. The predicted octanol–water partition coefficient (Wildman–Crippen LogP) is 3.03. The highest BCUT2D eigenvalue weighted by molar-refractivity contribution is 7.18. The maximum Gasteiger partial charge on any atom is 0.121 e. The van der Waals surface area contributed by atoms with Gasteiger partial charge in [-0.05, 0) is 12.1 Å². The number of nitrogens with zero attached hydrogens (tertiary/aromatic N) is 1. The SMILES string of the molecule is C=CCc1nc2cc(OC)ccc2s1. The summed E-state index contributed by atoms with van der Waals surface area (Å²) in [5.41, 5.74) is 1.01. The van der Waals surface area contributed by atoms with Crippen LogP contribution < -0.4 is 4.74 Å². The number of rotatable bonds is 3. The standard InChI is InChI=1S/C11H11NOS/c1-3-4-11-12-9-7-8(13-2)5-6-10(9)14-11/h3,5-7H,1,4H2,2H3. The third-order valence-electron chi connectivity index (χ3n) is 1.96. The van der Waals surface area contributed by atoms with E-state index in [4.69, 9.17) is 4.74 Å². The molecule has 0 radical (unpaired) electrons. The fourth-order valence-corrected chi connectivity index (χ4v) is 2.24. The van der Waals surface area contributed by atoms with Crippen LogP contribution in [-0.4, -0.2) is 12.1 Å². The number of allylic oxidation sites excluding steroid dienone is 1. The topological polar surface area (TPSA) is 22.1 Å². The number of fused-ring (bicyclic) bond motifs is 1. The van der Waals surface area contributed by atoms with Gasteiger partial charge < -0.3 is 4.74 Å². The molecule has 0 aliphatic rings. The maximum atomic E-state index is 5.14. The number of ether oxygens (including phenoxy) is 1. The zero-order valence-electron chi connectivity index (χ0n) is 7.99. The van der Waals surface area contributed by atoms with Gasteiger partial charge in [-0.15, -0.1) is 17.9 Å². The highest BCUT2D eigenvalue weighted by Crippen LogP contribution is 2.26. The molecule has 1 aromatic carbocycles. The van der Waals surface area contributed by atoms with Gasteiger partial charge in [-0.1, -0.05) is 6.08 Å². The molecule has 2 nitrogen and oxygen atoms in total. The molecule has 72 valence electrons. The third kappa shape index (κ3) is 1.63. The Morgan fingerprint density at radius 3 is 3.14 bits per heavy atom. The Morgan fingerprint density at radius 1 is 1.57 bits per heavy atom. The van der Waals surface area contributed by atoms with E-state index < -0.39 is 0 Å². The van der Waals surface area contributed by atoms with E-state index in [1.807, 2.05) is 24.3 Å². The summed E-state index contributed by atoms with van der Waals surface area (Å²) in [4.78, 5) is 4.48. The lowest BCUT2D eigenvalue weighted by molar-refractivity contribution is 0.415. The second kappa shape index (κ2) is 3.80. The van der Waals surface area contributed by atoms with Crippen LogP contribution in [0.5, 0.6) is 5.75 Å². The van der Waals surface area contributed by atoms with Gasteiger partial charge in [0.1, 0.15) is 5.75 Å². The van der Waals surface area contributed by atoms with Gasteiger partial charge in [-0.25, -0.2) is 4.98 Å². The Morgan fingerprint density at radius 2 is 2.43 bits per heavy atom. The first-order valence-corrected chi connectivity index (χ1v) is 5.19. The molecule has 3 heteroatoms. The molecule has 0 saturated carbocycles. The van der Waals surface area contributed by atoms with Crippen LogP contribution in [0.25, 0.3) is 10.2 Å². The summed E-state index contributed by atoms with van der Waals surface area (Å²) in [5, 5.41) is 1.10. The first-order chi connectivity index (χ1) is 6.83. The molecule has 2 aromatic rings. The minimum Gasteiger partial charge on any atom is -0.497 e. The lowest BCUT2D eigenvalue weighted by atomic mass is 10.3. The van der Waals surface area contributed by atoms with Gasteiger partial charge in [0.15, 0.2) is 0 Å². The number of benzene rings is 1. The van der Waals surface area contributed by atoms with Crippen molar-refractivity contribution in [3.8, 4) is 5.75 Å². The van der Waals surface area contributed by atoms with E-state index in [1.54, 1.807) is 18.4 Å². The predicted molar refractivity (Wildman–Crippen MR) is 60.1 cm³/mol. The van der Waals surface area contributed by atoms with Gasteiger partial charge in [0, 0.05) is 12.5 Å². The number of thiazole rings is 1. The Bertz CT molecular complexity index is 461. The first kappa shape index (κ1) is 9.21. The zero-order valence-corrected chi connectivity index (χ0v) is 8.80. The molecule has 0 spiro atoms. The van der Waals surface area contributed by atoms with Crippen molar-refractivity contribution in [3.05, 3.63) is 35.9 Å². The molecule has 2 rings (SSSR count). The molecular weight excluding hydrogens is 194 g/mol. The Hall–Kier alpha value is -1.35. The zero-order chi connectivity index (χ0) is 9.97. The molecular formula is C11H11NOS. The van der Waals surface area contributed by atoms with Crippen LogP contribution in [0, 0.1) is 0 Å². The summed E-state index contributed by atoms with van der Waals surface area (Å²) in [6.45, 7) is 3.70. The van der Waals surface area contributed by atoms with Crippen molar-refractivity contribution in [2.45, 2.75) is 6.42 Å². The molecule has 14 heavy (non-hydrogen) atoms. The molecule has 0 unspecified atom stereocenters. The van der Waals surface area contributed by atoms with Gasteiger partial charge in [0.05, 0.1) is 22.3 Å². The molecule has 0 saturated heterocycles. The van der Waals surface area contributed by atoms with E-state index >= 15 is 0 Å². The molecule has 0 amide bonds. The van der Waals surface area contributed by atoms with Crippen molar-refractivity contribution < 1.29 is 4.74 Å². The van der Waals surface area contributed by atoms with Gasteiger partial charge in [-0.2, -0.15) is 0 Å². The minimum atomic E-state index is 0.835. The quantitative estimate of drug-likeness (QED) is 0.718. The lowest BCUT2D eigenvalue weighted by Gasteiger charge is -1.96. The molecule has 0 aliphatic heterocycles. The minimum absolute atomic E-state index is 0.835. The van der Waals surface area contributed by atoms with Crippen molar-refractivity contribution in [1.29, 1.82) is 0 Å². The number of methoxy groups -OCH3 is 1. The first-order valence-electron chi connectivity index (χ1n) is 4.38. The fourth-order valence-electron chi connectivity index (χ4n) is 1.29. The Labute approximate surface area is 86.9 Å². The van der Waals surface area contributed by atoms with Gasteiger partial charge in [0.25, 0.3) is 0 Å². The highest BCUT2D eigenvalue weighted by atomic mass is 32.1. The van der Waals surface area contributed by atoms with Crippen LogP contribution in [-0.2, 0) is 6.42 Å². The van der Waals surface area contributed by atoms with Gasteiger partial charge in [0.2, 0.25) is 0 Å². The van der Waals surface area contributed by atoms with Crippen LogP contribution in [0.4, 0.5) is 0 Å². The smallest absolute Gasteiger partial charge is 0.121 e. The van der Waals surface area contributed by atoms with Crippen molar-refractivity contribution in [3.63, 3.8) is 0 Å². The van der Waals surface area contributed by atoms with Gasteiger partial charge in [-0.3, -0.25) is 0 Å². The van der Waals surface area contributed by atoms with Crippen LogP contribution in [0.2, 0.25) is 0 Å². The summed E-state index contributed by atoms with van der Waals surface area (Å²) in [6.07, 6.45) is 2.70. The summed E-state index contributed by atoms with van der Waals surface area (Å²) in [5.74, 6) is 0.855. The van der Waals surface area contributed by atoms with E-state index in [2.05, 4.69) is 11.6 Å². The summed E-state index contributed by atoms with van der Waals surface area (Å²) in [6, 6.07) is 5.95. The van der Waals surface area contributed by atoms with Crippen LogP contribution >= 0.6 is 11.3 Å². The third-order valence-corrected chi connectivity index (χ3v) is 3.02. The molecule has 0 N–H and O–H groups in total. The largest absolute Gasteiger partial charge is 0.497 e. The number of hydrogen-bond donors (Lipinski definition) is 0. The van der Waals surface area contributed by atoms with Crippen molar-refractivity contribution >= 4 is 21.6 Å². The van der Waals surface area contributed by atoms with Crippen LogP contribution in [0.15, 0.2) is 30.9 Å². The van der Waals surface area contributed by atoms with Crippen molar-refractivity contribution in [2.24, 2.45) is 0 Å². The second-order valence-electron chi connectivity index (χ2n) is 2.93. The average molecular weight is 205 g/mol. The second-order valence-corrected chi connectivity index (χ2v) is 4.05. The summed E-state index contributed by atoms with van der Waals surface area (Å²) < 4.78 is 6.33. The van der Waals surface area contributed by atoms with Gasteiger partial charge >= 0.3 is 0 Å². The van der Waals surface area contributed by atoms with E-state index in [9.17, 15) is 0 Å². The Balaban J connectivity index is 2.48. The average Bonchev–Trinajstić information content (AvgIpc) is 2.59. The summed E-state index contributed by atoms with van der Waals surface area (Å²) in [7, 11) is 1.66. The lowest BCUT2D eigenvalue weighted by Crippen LogP contribution is -1.81. The van der Waals surface area contributed by atoms with E-state index in [1.165, 1.54) is 4.70 Å². The molecule has 0 bridgehead atoms. The monoisotopic (exact) mass is 205 g/mol. The van der Waals surface area contributed by atoms with Crippen LogP contribution in [0.1, 0.15) is 5.01 Å². The normalized spacial score (nSPS) is 10.4. The van der Waals surface area contributed by atoms with E-state index in [0.29, 0.717) is 0 Å². The van der Waals surface area contributed by atoms with E-state index in [-0.39, 0.29) is 0 Å². The van der Waals surface area contributed by atoms with E-state index in [0.717, 1.165) is 22.7 Å². The molecule has 0 aliphatic carbocycles. The van der Waals surface area contributed by atoms with Crippen LogP contribution in [0.3, 0.4) is 0 Å². The molecule has 0 atom stereocenters. The fraction of sp³-hybridized carbons (Fsp3) is 0.182. The maximum absolute atomic E-state index is 5.14. The Kier molecular flexibility index (Phi) is 2.50. The number of hydrogen-bond acceptors (Lipinski definition) is 3. The van der Waals surface area contributed by atoms with Crippen molar-refractivity contribution in [2.75, 3.05) is 7.11 Å². The highest BCUT2D eigenvalue weighted by Gasteiger charge is 2.03.